The van der Waals surface area contributed by atoms with Crippen LogP contribution in [0.1, 0.15) is 62.7 Å². The van der Waals surface area contributed by atoms with Crippen molar-refractivity contribution in [1.82, 2.24) is 0 Å². The lowest BCUT2D eigenvalue weighted by Crippen LogP contribution is -2.68. The number of carbonyl (C=O) groups is 3. The maximum absolute atomic E-state index is 13.4. The zero-order chi connectivity index (χ0) is 33.5. The van der Waals surface area contributed by atoms with E-state index in [4.69, 9.17) is 14.2 Å². The maximum atomic E-state index is 13.4. The monoisotopic (exact) mass is 646 g/mol. The maximum Gasteiger partial charge on any atom is 0.338 e. The molecule has 13 nitrogen and oxygen atoms in total. The first-order valence-electron chi connectivity index (χ1n) is 15.7. The topological polar surface area (TPSA) is 221 Å². The van der Waals surface area contributed by atoms with Crippen LogP contribution in [-0.4, -0.2) is 103 Å². The van der Waals surface area contributed by atoms with Crippen molar-refractivity contribution < 1.29 is 64.3 Å². The van der Waals surface area contributed by atoms with Crippen molar-refractivity contribution in [2.45, 2.75) is 89.2 Å². The normalized spacial score (nSPS) is 43.6. The predicted octanol–water partition coefficient (Wildman–Crippen LogP) is 1.08. The minimum absolute atomic E-state index is 0.0590. The first-order valence-corrected chi connectivity index (χ1v) is 15.7. The van der Waals surface area contributed by atoms with Crippen molar-refractivity contribution in [3.05, 3.63) is 29.8 Å². The molecule has 1 aliphatic heterocycles. The number of benzene rings is 1. The number of hydrogen-bond donors (Lipinski definition) is 7. The molecule has 1 spiro atoms. The van der Waals surface area contributed by atoms with E-state index in [1.165, 1.54) is 0 Å². The Balaban J connectivity index is 1.18. The summed E-state index contributed by atoms with van der Waals surface area (Å²) in [6.07, 6.45) is -6.35. The number of allylic oxidation sites excluding steroid dienone is 1. The summed E-state index contributed by atoms with van der Waals surface area (Å²) in [6, 6.07) is 1.73. The Bertz CT molecular complexity index is 1440. The molecule has 0 radical (unpaired) electrons. The van der Waals surface area contributed by atoms with Gasteiger partial charge in [-0.2, -0.15) is 0 Å². The smallest absolute Gasteiger partial charge is 0.338 e. The number of aromatic hydroxyl groups is 3. The molecule has 0 amide bonds. The summed E-state index contributed by atoms with van der Waals surface area (Å²) in [7, 11) is 0. The van der Waals surface area contributed by atoms with E-state index in [-0.39, 0.29) is 47.9 Å². The number of fused-ring (bicyclic) bond motifs is 3. The highest BCUT2D eigenvalue weighted by Gasteiger charge is 2.69. The van der Waals surface area contributed by atoms with E-state index in [0.717, 1.165) is 24.1 Å². The molecule has 7 rings (SSSR count). The zero-order valence-corrected chi connectivity index (χ0v) is 25.8. The number of phenols is 3. The van der Waals surface area contributed by atoms with Crippen LogP contribution in [0.4, 0.5) is 0 Å². The highest BCUT2D eigenvalue weighted by molar-refractivity contribution is 5.91. The van der Waals surface area contributed by atoms with Gasteiger partial charge in [-0.1, -0.05) is 26.0 Å². The molecule has 46 heavy (non-hydrogen) atoms. The van der Waals surface area contributed by atoms with Gasteiger partial charge in [-0.15, -0.1) is 0 Å². The minimum atomic E-state index is -1.77. The molecule has 2 bridgehead atoms. The number of ketones is 2. The van der Waals surface area contributed by atoms with E-state index in [0.29, 0.717) is 25.7 Å². The van der Waals surface area contributed by atoms with Gasteiger partial charge in [-0.3, -0.25) is 9.59 Å². The Kier molecular flexibility index (Phi) is 8.05. The molecule has 12 atom stereocenters. The van der Waals surface area contributed by atoms with Crippen molar-refractivity contribution in [2.75, 3.05) is 13.2 Å². The summed E-state index contributed by atoms with van der Waals surface area (Å²) in [6.45, 7) is 7.14. The first-order chi connectivity index (χ1) is 21.5. The molecular formula is C33H42O13. The number of aliphatic hydroxyl groups is 4. The van der Waals surface area contributed by atoms with Gasteiger partial charge in [0.15, 0.2) is 29.3 Å². The van der Waals surface area contributed by atoms with Gasteiger partial charge >= 0.3 is 5.97 Å². The number of ether oxygens (including phenoxy) is 3. The fraction of sp³-hybridized carbons (Fsp3) is 0.667. The van der Waals surface area contributed by atoms with Gasteiger partial charge < -0.3 is 50.0 Å². The number of hydrogen-bond acceptors (Lipinski definition) is 13. The molecule has 7 N–H and O–H groups in total. The molecule has 6 fully saturated rings. The first kappa shape index (κ1) is 32.9. The van der Waals surface area contributed by atoms with E-state index >= 15 is 0 Å². The molecule has 5 saturated carbocycles. The van der Waals surface area contributed by atoms with Crippen LogP contribution in [0.3, 0.4) is 0 Å². The van der Waals surface area contributed by atoms with Gasteiger partial charge in [-0.05, 0) is 61.0 Å². The third-order valence-electron chi connectivity index (χ3n) is 12.0. The van der Waals surface area contributed by atoms with Crippen LogP contribution in [0.2, 0.25) is 0 Å². The van der Waals surface area contributed by atoms with E-state index in [1.54, 1.807) is 6.92 Å². The van der Waals surface area contributed by atoms with Gasteiger partial charge in [0, 0.05) is 23.7 Å². The third kappa shape index (κ3) is 4.86. The minimum Gasteiger partial charge on any atom is -0.504 e. The van der Waals surface area contributed by atoms with Crippen LogP contribution < -0.4 is 0 Å². The summed E-state index contributed by atoms with van der Waals surface area (Å²) in [4.78, 5) is 39.4. The largest absolute Gasteiger partial charge is 0.504 e. The van der Waals surface area contributed by atoms with Gasteiger partial charge in [-0.25, -0.2) is 4.79 Å². The second kappa shape index (κ2) is 11.3. The van der Waals surface area contributed by atoms with Crippen molar-refractivity contribution in [3.8, 4) is 17.2 Å². The lowest BCUT2D eigenvalue weighted by molar-refractivity contribution is -0.312. The molecule has 1 aromatic carbocycles. The predicted molar refractivity (Wildman–Crippen MR) is 156 cm³/mol. The molecule has 1 saturated heterocycles. The molecule has 1 heterocycles. The Morgan fingerprint density at radius 2 is 1.67 bits per heavy atom. The Hall–Kier alpha value is -3.07. The lowest BCUT2D eigenvalue weighted by atomic mass is 9.36. The number of phenolic OH excluding ortho intramolecular Hbond substituents is 3. The van der Waals surface area contributed by atoms with Crippen molar-refractivity contribution in [2.24, 2.45) is 34.0 Å². The Labute approximate surface area is 265 Å². The molecule has 5 aliphatic carbocycles. The number of carbonyl (C=O) groups excluding carboxylic acids is 3. The average molecular weight is 647 g/mol. The van der Waals surface area contributed by atoms with Gasteiger partial charge in [0.05, 0.1) is 12.2 Å². The van der Waals surface area contributed by atoms with Gasteiger partial charge in [0.25, 0.3) is 0 Å². The highest BCUT2D eigenvalue weighted by atomic mass is 16.7. The van der Waals surface area contributed by atoms with Crippen molar-refractivity contribution in [3.63, 3.8) is 0 Å². The molecule has 252 valence electrons. The zero-order valence-electron chi connectivity index (χ0n) is 25.8. The standard InChI is InChI=1S/C33H42O13/c1-14-10-33-5-4-21-31(2,22(33)8-15(14)9-23(33)37)11-19(36)28(42)32(21,3)13-45-30-27(41)26(40)25(39)20(46-30)12-44-29(43)16-6-17(34)24(38)18(35)7-16/h6-7,15,20-22,25-28,30,34-35,38-42H,1,4-5,8-13H2,2-3H3/t15-,20+,21+,22+,25+,26-,27+,28-,30+,31-,32+,33+/m0/s1. The van der Waals surface area contributed by atoms with Crippen LogP contribution in [0.15, 0.2) is 24.3 Å². The third-order valence-corrected chi connectivity index (χ3v) is 12.0. The summed E-state index contributed by atoms with van der Waals surface area (Å²) in [5, 5.41) is 72.1. The highest BCUT2D eigenvalue weighted by Crippen LogP contribution is 2.70. The summed E-state index contributed by atoms with van der Waals surface area (Å²) >= 11 is 0. The SMILES string of the molecule is C=C1C[C@]23CC[C@@H]4[C@](C)(CC(=O)[C@H](O)[C@]4(C)CO[C@@H]4O[C@H](COC(=O)c5cc(O)c(O)c(O)c5)[C@@H](O)[C@H](O)[C@H]4O)[C@H]2C[C@H]1CC3=O. The van der Waals surface area contributed by atoms with Crippen LogP contribution in [-0.2, 0) is 23.8 Å². The molecule has 0 unspecified atom stereocenters. The number of aliphatic hydroxyl groups excluding tert-OH is 4. The fourth-order valence-corrected chi connectivity index (χ4v) is 9.53. The number of Topliss-reactive ketones (excluding diaryl/α,β-unsaturated/α-hetero) is 2. The summed E-state index contributed by atoms with van der Waals surface area (Å²) in [5.74, 6) is -3.73. The van der Waals surface area contributed by atoms with E-state index in [2.05, 4.69) is 6.58 Å². The van der Waals surface area contributed by atoms with Crippen LogP contribution in [0.5, 0.6) is 17.2 Å². The Morgan fingerprint density at radius 3 is 2.35 bits per heavy atom. The van der Waals surface area contributed by atoms with E-state index in [1.807, 2.05) is 6.92 Å². The van der Waals surface area contributed by atoms with E-state index in [9.17, 15) is 50.1 Å². The van der Waals surface area contributed by atoms with Crippen LogP contribution >= 0.6 is 0 Å². The van der Waals surface area contributed by atoms with Crippen LogP contribution in [0.25, 0.3) is 0 Å². The molecule has 6 aliphatic rings. The fourth-order valence-electron chi connectivity index (χ4n) is 9.53. The molecule has 1 aromatic rings. The summed E-state index contributed by atoms with van der Waals surface area (Å²) in [5.41, 5.74) is -1.53. The van der Waals surface area contributed by atoms with Crippen molar-refractivity contribution in [1.29, 1.82) is 0 Å². The van der Waals surface area contributed by atoms with Crippen LogP contribution in [0, 0.1) is 34.0 Å². The number of rotatable bonds is 6. The summed E-state index contributed by atoms with van der Waals surface area (Å²) < 4.78 is 16.9. The van der Waals surface area contributed by atoms with Crippen molar-refractivity contribution >= 4 is 17.5 Å². The quantitative estimate of drug-likeness (QED) is 0.131. The Morgan fingerprint density at radius 1 is 1.00 bits per heavy atom. The second-order valence-corrected chi connectivity index (χ2v) is 14.5. The average Bonchev–Trinajstić information content (AvgIpc) is 3.00. The van der Waals surface area contributed by atoms with Gasteiger partial charge in [0.1, 0.15) is 42.9 Å². The molecular weight excluding hydrogens is 604 g/mol. The second-order valence-electron chi connectivity index (χ2n) is 14.5. The molecule has 13 heteroatoms. The van der Waals surface area contributed by atoms with E-state index < -0.39 is 82.9 Å². The van der Waals surface area contributed by atoms with Gasteiger partial charge in [0.2, 0.25) is 0 Å². The lowest BCUT2D eigenvalue weighted by Gasteiger charge is -2.67. The molecule has 0 aromatic heterocycles. The number of esters is 1.